The smallest absolute Gasteiger partial charge is 0.459 e. The van der Waals surface area contributed by atoms with E-state index in [4.69, 9.17) is 24.3 Å². The number of para-hydroxylation sites is 1. The molecule has 3 heterocycles. The summed E-state index contributed by atoms with van der Waals surface area (Å²) in [7, 11) is -4.29. The van der Waals surface area contributed by atoms with Crippen molar-refractivity contribution in [3.63, 3.8) is 0 Å². The Morgan fingerprint density at radius 2 is 1.97 bits per heavy atom. The molecule has 0 spiro atoms. The molecule has 1 saturated heterocycles. The Balaban J connectivity index is 1.58. The molecule has 0 saturated carbocycles. The van der Waals surface area contributed by atoms with Crippen molar-refractivity contribution in [1.82, 2.24) is 14.7 Å². The van der Waals surface area contributed by atoms with Gasteiger partial charge in [0.1, 0.15) is 36.2 Å². The lowest BCUT2D eigenvalue weighted by atomic mass is 9.92. The molecule has 0 bridgehead atoms. The van der Waals surface area contributed by atoms with E-state index in [1.807, 2.05) is 6.07 Å². The molecule has 1 unspecified atom stereocenters. The number of anilines is 1. The number of rotatable bonds is 10. The van der Waals surface area contributed by atoms with Crippen LogP contribution in [0.4, 0.5) is 5.69 Å². The van der Waals surface area contributed by atoms with Crippen LogP contribution in [0.25, 0.3) is 5.52 Å². The summed E-state index contributed by atoms with van der Waals surface area (Å²) in [6.07, 6.45) is -3.65. The summed E-state index contributed by atoms with van der Waals surface area (Å²) < 4.78 is 37.3. The number of esters is 1. The van der Waals surface area contributed by atoms with Gasteiger partial charge in [-0.2, -0.15) is 15.4 Å². The maximum atomic E-state index is 13.7. The van der Waals surface area contributed by atoms with Gasteiger partial charge in [-0.25, -0.2) is 9.08 Å². The van der Waals surface area contributed by atoms with Gasteiger partial charge >= 0.3 is 13.7 Å². The van der Waals surface area contributed by atoms with E-state index in [0.717, 1.165) is 0 Å². The van der Waals surface area contributed by atoms with E-state index in [-0.39, 0.29) is 11.4 Å². The molecule has 1 aliphatic rings. The van der Waals surface area contributed by atoms with E-state index < -0.39 is 56.4 Å². The highest BCUT2D eigenvalue weighted by Crippen LogP contribution is 2.47. The number of ether oxygens (including phenoxy) is 2. The third kappa shape index (κ3) is 5.77. The number of aliphatic hydroxyl groups excluding tert-OH is 2. The zero-order valence-electron chi connectivity index (χ0n) is 21.5. The lowest BCUT2D eigenvalue weighted by Crippen LogP contribution is -2.41. The fraction of sp³-hybridized carbons (Fsp3) is 0.400. The molecule has 3 aromatic rings. The molecule has 13 nitrogen and oxygen atoms in total. The molecule has 0 amide bonds. The standard InChI is InChI=1S/C25H30N5O8P/c1-15(2)36-24(33)16(3)29-39(34,38-17-7-5-4-6-8-17)35-13-20-22(31)23(32)25(14-26,37-20)21-10-9-19-18(27)11-12-28-30(19)21/h4-12,15-16,20,22-23,31-32H,13,27H2,1-3H3,(H,29,34)/t16-,20+,22+,23+,25-,39?/m0/s1. The average molecular weight is 560 g/mol. The maximum Gasteiger partial charge on any atom is 0.459 e. The number of carbonyl (C=O) groups is 1. The molecular weight excluding hydrogens is 529 g/mol. The Hall–Kier alpha value is -3.50. The molecule has 5 N–H and O–H groups in total. The zero-order chi connectivity index (χ0) is 28.4. The third-order valence-electron chi connectivity index (χ3n) is 6.03. The molecule has 2 aromatic heterocycles. The van der Waals surface area contributed by atoms with Gasteiger partial charge in [-0.05, 0) is 51.1 Å². The lowest BCUT2D eigenvalue weighted by molar-refractivity contribution is -0.149. The highest BCUT2D eigenvalue weighted by atomic mass is 31.2. The first kappa shape index (κ1) is 28.5. The van der Waals surface area contributed by atoms with Crippen LogP contribution in [0.2, 0.25) is 0 Å². The quantitative estimate of drug-likeness (QED) is 0.209. The normalized spacial score (nSPS) is 25.2. The van der Waals surface area contributed by atoms with Crippen LogP contribution in [0.15, 0.2) is 54.7 Å². The number of fused-ring (bicyclic) bond motifs is 1. The van der Waals surface area contributed by atoms with Gasteiger partial charge in [0.25, 0.3) is 0 Å². The molecule has 1 aromatic carbocycles. The molecule has 0 aliphatic carbocycles. The summed E-state index contributed by atoms with van der Waals surface area (Å²) in [5, 5.41) is 38.6. The molecule has 208 valence electrons. The Labute approximate surface area is 224 Å². The van der Waals surface area contributed by atoms with E-state index in [1.165, 1.54) is 35.8 Å². The average Bonchev–Trinajstić information content (AvgIpc) is 3.44. The van der Waals surface area contributed by atoms with Crippen LogP contribution in [0.5, 0.6) is 5.75 Å². The van der Waals surface area contributed by atoms with Gasteiger partial charge < -0.3 is 29.9 Å². The fourth-order valence-corrected chi connectivity index (χ4v) is 5.64. The van der Waals surface area contributed by atoms with Gasteiger partial charge in [0.05, 0.1) is 29.6 Å². The molecule has 4 rings (SSSR count). The first-order chi connectivity index (χ1) is 18.5. The summed E-state index contributed by atoms with van der Waals surface area (Å²) >= 11 is 0. The van der Waals surface area contributed by atoms with Gasteiger partial charge in [-0.3, -0.25) is 9.32 Å². The fourth-order valence-electron chi connectivity index (χ4n) is 4.14. The van der Waals surface area contributed by atoms with Crippen LogP contribution in [-0.2, 0) is 29.0 Å². The van der Waals surface area contributed by atoms with Gasteiger partial charge in [-0.15, -0.1) is 0 Å². The van der Waals surface area contributed by atoms with Crippen LogP contribution in [0.1, 0.15) is 26.5 Å². The number of aromatic nitrogens is 2. The molecule has 14 heteroatoms. The van der Waals surface area contributed by atoms with Gasteiger partial charge in [0.15, 0.2) is 0 Å². The molecular formula is C25H30N5O8P. The van der Waals surface area contributed by atoms with E-state index in [1.54, 1.807) is 44.2 Å². The minimum absolute atomic E-state index is 0.133. The predicted octanol–water partition coefficient (Wildman–Crippen LogP) is 1.89. The largest absolute Gasteiger partial charge is 0.462 e. The highest BCUT2D eigenvalue weighted by Gasteiger charge is 2.58. The van der Waals surface area contributed by atoms with Crippen molar-refractivity contribution in [2.45, 2.75) is 56.8 Å². The number of nitrogen functional groups attached to an aromatic ring is 1. The zero-order valence-corrected chi connectivity index (χ0v) is 22.4. The number of nitrogens with two attached hydrogens (primary N) is 1. The summed E-state index contributed by atoms with van der Waals surface area (Å²) in [5.41, 5.74) is 4.92. The summed E-state index contributed by atoms with van der Waals surface area (Å²) in [4.78, 5) is 12.4. The summed E-state index contributed by atoms with van der Waals surface area (Å²) in [6, 6.07) is 13.6. The number of nitrogens with one attached hydrogen (secondary N) is 1. The molecule has 1 fully saturated rings. The van der Waals surface area contributed by atoms with Crippen molar-refractivity contribution in [3.05, 3.63) is 60.4 Å². The monoisotopic (exact) mass is 559 g/mol. The minimum atomic E-state index is -4.29. The second kappa shape index (κ2) is 11.3. The van der Waals surface area contributed by atoms with Crippen molar-refractivity contribution in [3.8, 4) is 11.8 Å². The molecule has 6 atom stereocenters. The second-order valence-electron chi connectivity index (χ2n) is 9.28. The van der Waals surface area contributed by atoms with Gasteiger partial charge in [0, 0.05) is 6.20 Å². The number of carbonyl (C=O) groups excluding carboxylic acids is 1. The van der Waals surface area contributed by atoms with E-state index in [9.17, 15) is 24.8 Å². The lowest BCUT2D eigenvalue weighted by Gasteiger charge is -2.25. The SMILES string of the molecule is CC(C)OC(=O)[C@H](C)NP(=O)(OC[C@H]1O[C@@](C#N)(c2ccc3c(N)ccnn23)[C@H](O)[C@@H]1O)Oc1ccccc1. The third-order valence-corrected chi connectivity index (χ3v) is 7.67. The van der Waals surface area contributed by atoms with Crippen molar-refractivity contribution in [2.24, 2.45) is 0 Å². The molecule has 0 radical (unpaired) electrons. The Morgan fingerprint density at radius 3 is 2.64 bits per heavy atom. The van der Waals surface area contributed by atoms with Crippen LogP contribution >= 0.6 is 7.75 Å². The first-order valence-corrected chi connectivity index (χ1v) is 13.7. The summed E-state index contributed by atoms with van der Waals surface area (Å²) in [6.45, 7) is 4.19. The Morgan fingerprint density at radius 1 is 1.26 bits per heavy atom. The summed E-state index contributed by atoms with van der Waals surface area (Å²) in [5.74, 6) is -0.506. The Kier molecular flexibility index (Phi) is 8.27. The number of hydrogen-bond donors (Lipinski definition) is 4. The van der Waals surface area contributed by atoms with Crippen LogP contribution < -0.4 is 15.3 Å². The van der Waals surface area contributed by atoms with Crippen molar-refractivity contribution >= 4 is 24.9 Å². The van der Waals surface area contributed by atoms with E-state index in [0.29, 0.717) is 11.2 Å². The number of nitriles is 1. The minimum Gasteiger partial charge on any atom is -0.462 e. The van der Waals surface area contributed by atoms with Gasteiger partial charge in [-0.1, -0.05) is 18.2 Å². The van der Waals surface area contributed by atoms with E-state index in [2.05, 4.69) is 10.2 Å². The van der Waals surface area contributed by atoms with Gasteiger partial charge in [0.2, 0.25) is 5.60 Å². The Bertz CT molecular complexity index is 1410. The number of hydrogen-bond acceptors (Lipinski definition) is 11. The highest BCUT2D eigenvalue weighted by molar-refractivity contribution is 7.52. The van der Waals surface area contributed by atoms with Crippen molar-refractivity contribution < 1.29 is 38.1 Å². The molecule has 39 heavy (non-hydrogen) atoms. The number of nitrogens with zero attached hydrogens (tertiary/aromatic N) is 3. The topological polar surface area (TPSA) is 191 Å². The van der Waals surface area contributed by atoms with Crippen LogP contribution in [0, 0.1) is 11.3 Å². The van der Waals surface area contributed by atoms with E-state index >= 15 is 0 Å². The number of aliphatic hydroxyl groups is 2. The van der Waals surface area contributed by atoms with Crippen molar-refractivity contribution in [2.75, 3.05) is 12.3 Å². The molecule has 1 aliphatic heterocycles. The van der Waals surface area contributed by atoms with Crippen LogP contribution in [0.3, 0.4) is 0 Å². The first-order valence-electron chi connectivity index (χ1n) is 12.1. The number of benzene rings is 1. The maximum absolute atomic E-state index is 13.7. The predicted molar refractivity (Wildman–Crippen MR) is 138 cm³/mol. The second-order valence-corrected chi connectivity index (χ2v) is 11.0. The van der Waals surface area contributed by atoms with Crippen LogP contribution in [-0.4, -0.2) is 62.9 Å². The van der Waals surface area contributed by atoms with Crippen molar-refractivity contribution in [1.29, 1.82) is 5.26 Å².